The number of hydrogen-bond acceptors (Lipinski definition) is 3. The maximum atomic E-state index is 5.84. The van der Waals surface area contributed by atoms with Gasteiger partial charge in [-0.1, -0.05) is 24.6 Å². The molecule has 1 N–H and O–H groups in total. The molecular formula is C17H23NO2. The summed E-state index contributed by atoms with van der Waals surface area (Å²) in [4.78, 5) is 0. The van der Waals surface area contributed by atoms with Gasteiger partial charge in [0.1, 0.15) is 23.9 Å². The van der Waals surface area contributed by atoms with E-state index in [0.717, 1.165) is 35.9 Å². The second kappa shape index (κ2) is 6.62. The first-order valence-electron chi connectivity index (χ1n) is 7.09. The summed E-state index contributed by atoms with van der Waals surface area (Å²) in [6.45, 7) is 10.5. The van der Waals surface area contributed by atoms with Crippen molar-refractivity contribution in [2.75, 3.05) is 6.54 Å². The molecule has 3 nitrogen and oxygen atoms in total. The first-order valence-corrected chi connectivity index (χ1v) is 7.09. The van der Waals surface area contributed by atoms with Crippen LogP contribution in [0.25, 0.3) is 0 Å². The molecule has 1 heterocycles. The van der Waals surface area contributed by atoms with Crippen molar-refractivity contribution in [3.63, 3.8) is 0 Å². The van der Waals surface area contributed by atoms with Gasteiger partial charge >= 0.3 is 0 Å². The van der Waals surface area contributed by atoms with Gasteiger partial charge in [-0.25, -0.2) is 0 Å². The van der Waals surface area contributed by atoms with Crippen molar-refractivity contribution in [1.29, 1.82) is 0 Å². The lowest BCUT2D eigenvalue weighted by molar-refractivity contribution is 0.263. The molecule has 0 atom stereocenters. The highest BCUT2D eigenvalue weighted by Gasteiger charge is 2.08. The largest absolute Gasteiger partial charge is 0.485 e. The van der Waals surface area contributed by atoms with Crippen molar-refractivity contribution >= 4 is 0 Å². The van der Waals surface area contributed by atoms with Crippen LogP contribution in [0.2, 0.25) is 0 Å². The van der Waals surface area contributed by atoms with Gasteiger partial charge in [0.15, 0.2) is 0 Å². The number of rotatable bonds is 6. The van der Waals surface area contributed by atoms with E-state index in [0.29, 0.717) is 6.61 Å². The Balaban J connectivity index is 2.00. The van der Waals surface area contributed by atoms with E-state index in [4.69, 9.17) is 9.15 Å². The van der Waals surface area contributed by atoms with Crippen LogP contribution in [0, 0.1) is 20.8 Å². The van der Waals surface area contributed by atoms with Crippen LogP contribution in [0.5, 0.6) is 5.75 Å². The number of furan rings is 1. The average molecular weight is 273 g/mol. The highest BCUT2D eigenvalue weighted by Crippen LogP contribution is 2.21. The normalized spacial score (nSPS) is 10.8. The summed E-state index contributed by atoms with van der Waals surface area (Å²) < 4.78 is 11.7. The maximum Gasteiger partial charge on any atom is 0.146 e. The third kappa shape index (κ3) is 3.64. The lowest BCUT2D eigenvalue weighted by atomic mass is 10.1. The molecule has 0 bridgehead atoms. The molecule has 3 heteroatoms. The molecule has 0 saturated carbocycles. The van der Waals surface area contributed by atoms with E-state index in [1.54, 1.807) is 0 Å². The Hall–Kier alpha value is -1.74. The van der Waals surface area contributed by atoms with Crippen LogP contribution in [-0.4, -0.2) is 6.54 Å². The van der Waals surface area contributed by atoms with E-state index in [2.05, 4.69) is 51.2 Å². The SMILES string of the molecule is CCNCc1oc(COc2ccc(C)cc2C)cc1C. The molecule has 1 aromatic carbocycles. The molecule has 108 valence electrons. The van der Waals surface area contributed by atoms with E-state index in [-0.39, 0.29) is 0 Å². The maximum absolute atomic E-state index is 5.84. The molecule has 0 spiro atoms. The molecule has 0 radical (unpaired) electrons. The van der Waals surface area contributed by atoms with Crippen molar-refractivity contribution in [3.8, 4) is 5.75 Å². The van der Waals surface area contributed by atoms with E-state index in [1.165, 1.54) is 11.1 Å². The standard InChI is InChI=1S/C17H23NO2/c1-5-18-10-17-14(4)9-15(20-17)11-19-16-7-6-12(2)8-13(16)3/h6-9,18H,5,10-11H2,1-4H3. The van der Waals surface area contributed by atoms with Crippen LogP contribution in [0.1, 0.15) is 35.1 Å². The summed E-state index contributed by atoms with van der Waals surface area (Å²) in [5.41, 5.74) is 3.57. The second-order valence-electron chi connectivity index (χ2n) is 5.16. The van der Waals surface area contributed by atoms with Gasteiger partial charge in [0.2, 0.25) is 0 Å². The van der Waals surface area contributed by atoms with Gasteiger partial charge in [0.05, 0.1) is 6.54 Å². The first-order chi connectivity index (χ1) is 9.60. The Morgan fingerprint density at radius 1 is 1.10 bits per heavy atom. The first kappa shape index (κ1) is 14.7. The Morgan fingerprint density at radius 3 is 2.60 bits per heavy atom. The Kier molecular flexibility index (Phi) is 4.85. The van der Waals surface area contributed by atoms with Gasteiger partial charge in [-0.2, -0.15) is 0 Å². The zero-order valence-electron chi connectivity index (χ0n) is 12.7. The molecule has 0 aliphatic heterocycles. The van der Waals surface area contributed by atoms with Crippen molar-refractivity contribution in [1.82, 2.24) is 5.32 Å². The van der Waals surface area contributed by atoms with E-state index in [9.17, 15) is 0 Å². The van der Waals surface area contributed by atoms with Crippen LogP contribution in [0.4, 0.5) is 0 Å². The van der Waals surface area contributed by atoms with Gasteiger partial charge in [0, 0.05) is 0 Å². The minimum Gasteiger partial charge on any atom is -0.485 e. The Labute approximate surface area is 121 Å². The van der Waals surface area contributed by atoms with Gasteiger partial charge < -0.3 is 14.5 Å². The van der Waals surface area contributed by atoms with Crippen LogP contribution in [-0.2, 0) is 13.2 Å². The van der Waals surface area contributed by atoms with Crippen LogP contribution < -0.4 is 10.1 Å². The predicted molar refractivity (Wildman–Crippen MR) is 81.1 cm³/mol. The molecule has 0 aliphatic carbocycles. The molecular weight excluding hydrogens is 250 g/mol. The van der Waals surface area contributed by atoms with Crippen molar-refractivity contribution < 1.29 is 9.15 Å². The predicted octanol–water partition coefficient (Wildman–Crippen LogP) is 3.89. The zero-order valence-corrected chi connectivity index (χ0v) is 12.7. The van der Waals surface area contributed by atoms with Crippen LogP contribution >= 0.6 is 0 Å². The number of nitrogens with one attached hydrogen (secondary N) is 1. The van der Waals surface area contributed by atoms with Crippen LogP contribution in [0.15, 0.2) is 28.7 Å². The molecule has 0 amide bonds. The molecule has 1 aromatic heterocycles. The fourth-order valence-corrected chi connectivity index (χ4v) is 2.19. The smallest absolute Gasteiger partial charge is 0.146 e. The minimum absolute atomic E-state index is 0.469. The zero-order chi connectivity index (χ0) is 14.5. The van der Waals surface area contributed by atoms with E-state index >= 15 is 0 Å². The summed E-state index contributed by atoms with van der Waals surface area (Å²) >= 11 is 0. The number of aryl methyl sites for hydroxylation is 3. The van der Waals surface area contributed by atoms with Crippen molar-refractivity contribution in [3.05, 3.63) is 52.5 Å². The lowest BCUT2D eigenvalue weighted by Crippen LogP contribution is -2.11. The third-order valence-corrected chi connectivity index (χ3v) is 3.31. The lowest BCUT2D eigenvalue weighted by Gasteiger charge is -2.08. The summed E-state index contributed by atoms with van der Waals surface area (Å²) in [6, 6.07) is 8.25. The van der Waals surface area contributed by atoms with Gasteiger partial charge in [-0.3, -0.25) is 0 Å². The van der Waals surface area contributed by atoms with Gasteiger partial charge in [0.25, 0.3) is 0 Å². The molecule has 20 heavy (non-hydrogen) atoms. The summed E-state index contributed by atoms with van der Waals surface area (Å²) in [5, 5.41) is 3.27. The third-order valence-electron chi connectivity index (χ3n) is 3.31. The molecule has 0 aliphatic rings. The molecule has 2 aromatic rings. The highest BCUT2D eigenvalue weighted by atomic mass is 16.5. The van der Waals surface area contributed by atoms with Crippen LogP contribution in [0.3, 0.4) is 0 Å². The quantitative estimate of drug-likeness (QED) is 0.867. The van der Waals surface area contributed by atoms with E-state index < -0.39 is 0 Å². The Bertz CT molecular complexity index is 572. The van der Waals surface area contributed by atoms with E-state index in [1.807, 2.05) is 6.07 Å². The van der Waals surface area contributed by atoms with Crippen molar-refractivity contribution in [2.24, 2.45) is 0 Å². The number of ether oxygens (including phenoxy) is 1. The average Bonchev–Trinajstić information content (AvgIpc) is 2.76. The number of hydrogen-bond donors (Lipinski definition) is 1. The molecule has 2 rings (SSSR count). The highest BCUT2D eigenvalue weighted by molar-refractivity contribution is 5.35. The molecule has 0 unspecified atom stereocenters. The molecule has 0 fully saturated rings. The van der Waals surface area contributed by atoms with Gasteiger partial charge in [-0.15, -0.1) is 0 Å². The molecule has 0 saturated heterocycles. The van der Waals surface area contributed by atoms with Crippen molar-refractivity contribution in [2.45, 2.75) is 40.8 Å². The number of benzene rings is 1. The summed E-state index contributed by atoms with van der Waals surface area (Å²) in [7, 11) is 0. The fourth-order valence-electron chi connectivity index (χ4n) is 2.19. The topological polar surface area (TPSA) is 34.4 Å². The Morgan fingerprint density at radius 2 is 1.90 bits per heavy atom. The summed E-state index contributed by atoms with van der Waals surface area (Å²) in [6.07, 6.45) is 0. The monoisotopic (exact) mass is 273 g/mol. The fraction of sp³-hybridized carbons (Fsp3) is 0.412. The second-order valence-corrected chi connectivity index (χ2v) is 5.16. The van der Waals surface area contributed by atoms with Gasteiger partial charge in [-0.05, 0) is 50.6 Å². The minimum atomic E-state index is 0.469. The summed E-state index contributed by atoms with van der Waals surface area (Å²) in [5.74, 6) is 2.78.